The minimum atomic E-state index is -0.459. The van der Waals surface area contributed by atoms with Gasteiger partial charge in [0.25, 0.3) is 0 Å². The number of nitrogens with one attached hydrogen (secondary N) is 2. The molecule has 6 nitrogen and oxygen atoms in total. The molecule has 3 aliphatic heterocycles. The number of likely N-dealkylation sites (tertiary alicyclic amines) is 1. The second-order valence-corrected chi connectivity index (χ2v) is 10.1. The first-order valence-corrected chi connectivity index (χ1v) is 12.2. The molecule has 2 fully saturated rings. The molecule has 7 heteroatoms. The molecule has 0 bridgehead atoms. The third-order valence-corrected chi connectivity index (χ3v) is 8.00. The zero-order valence-corrected chi connectivity index (χ0v) is 18.7. The maximum absolute atomic E-state index is 13.3. The first kappa shape index (κ1) is 20.0. The second kappa shape index (κ2) is 8.05. The standard InChI is InChI=1S/C25H27N3O3S/c29-23(25(10-11-25)18-8-9-19-20(14-18)31-16-30-19)27-24-26-15-21(32-24)22(28-12-4-5-13-28)17-6-2-1-3-7-17/h1-3,6-9,14-15,22,24,26H,4-5,10-13,16H2,(H,27,29). The number of ether oxygens (including phenoxy) is 2. The van der Waals surface area contributed by atoms with E-state index in [9.17, 15) is 4.79 Å². The molecule has 2 atom stereocenters. The highest BCUT2D eigenvalue weighted by atomic mass is 32.2. The predicted molar refractivity (Wildman–Crippen MR) is 124 cm³/mol. The molecule has 1 saturated carbocycles. The van der Waals surface area contributed by atoms with Gasteiger partial charge in [-0.15, -0.1) is 0 Å². The second-order valence-electron chi connectivity index (χ2n) is 8.89. The summed E-state index contributed by atoms with van der Waals surface area (Å²) >= 11 is 1.72. The largest absolute Gasteiger partial charge is 0.454 e. The summed E-state index contributed by atoms with van der Waals surface area (Å²) in [5, 5.41) is 6.65. The maximum atomic E-state index is 13.3. The van der Waals surface area contributed by atoms with Crippen LogP contribution < -0.4 is 20.1 Å². The first-order valence-electron chi connectivity index (χ1n) is 11.4. The lowest BCUT2D eigenvalue weighted by atomic mass is 9.94. The van der Waals surface area contributed by atoms with Gasteiger partial charge in [-0.2, -0.15) is 0 Å². The molecule has 1 saturated heterocycles. The smallest absolute Gasteiger partial charge is 0.232 e. The van der Waals surface area contributed by atoms with Gasteiger partial charge < -0.3 is 20.1 Å². The normalized spacial score (nSPS) is 24.0. The molecule has 2 aromatic carbocycles. The summed E-state index contributed by atoms with van der Waals surface area (Å²) in [7, 11) is 0. The van der Waals surface area contributed by atoms with Gasteiger partial charge in [0.2, 0.25) is 12.7 Å². The zero-order valence-electron chi connectivity index (χ0n) is 17.9. The lowest BCUT2D eigenvalue weighted by Crippen LogP contribution is -2.44. The highest BCUT2D eigenvalue weighted by Gasteiger charge is 2.52. The summed E-state index contributed by atoms with van der Waals surface area (Å²) in [6, 6.07) is 16.8. The van der Waals surface area contributed by atoms with Gasteiger partial charge in [0.05, 0.1) is 11.5 Å². The Balaban J connectivity index is 1.15. The van der Waals surface area contributed by atoms with Crippen LogP contribution in [0.3, 0.4) is 0 Å². The van der Waals surface area contributed by atoms with Crippen molar-refractivity contribution in [3.05, 3.63) is 70.8 Å². The molecule has 0 radical (unpaired) electrons. The Kier molecular flexibility index (Phi) is 5.03. The molecule has 6 rings (SSSR count). The van der Waals surface area contributed by atoms with E-state index in [-0.39, 0.29) is 24.2 Å². The van der Waals surface area contributed by atoms with Gasteiger partial charge in [0.15, 0.2) is 17.0 Å². The van der Waals surface area contributed by atoms with E-state index in [1.807, 2.05) is 18.2 Å². The molecule has 166 valence electrons. The number of rotatable bonds is 6. The Morgan fingerprint density at radius 3 is 2.66 bits per heavy atom. The zero-order chi connectivity index (χ0) is 21.5. The number of benzene rings is 2. The number of thioether (sulfide) groups is 1. The van der Waals surface area contributed by atoms with E-state index < -0.39 is 5.41 Å². The van der Waals surface area contributed by atoms with E-state index in [2.05, 4.69) is 52.1 Å². The maximum Gasteiger partial charge on any atom is 0.232 e. The van der Waals surface area contributed by atoms with Crippen molar-refractivity contribution in [3.8, 4) is 11.5 Å². The third kappa shape index (κ3) is 3.53. The summed E-state index contributed by atoms with van der Waals surface area (Å²) in [5.41, 5.74) is 1.70. The molecule has 3 heterocycles. The van der Waals surface area contributed by atoms with Crippen LogP contribution >= 0.6 is 11.8 Å². The minimum absolute atomic E-state index is 0.0773. The number of fused-ring (bicyclic) bond motifs is 1. The molecule has 0 spiro atoms. The summed E-state index contributed by atoms with van der Waals surface area (Å²) < 4.78 is 10.9. The van der Waals surface area contributed by atoms with Gasteiger partial charge >= 0.3 is 0 Å². The number of nitrogens with zero attached hydrogens (tertiary/aromatic N) is 1. The van der Waals surface area contributed by atoms with E-state index in [0.717, 1.165) is 43.0 Å². The Hall–Kier alpha value is -2.64. The van der Waals surface area contributed by atoms with Gasteiger partial charge in [-0.25, -0.2) is 0 Å². The molecular formula is C25H27N3O3S. The van der Waals surface area contributed by atoms with Crippen LogP contribution in [-0.2, 0) is 10.2 Å². The van der Waals surface area contributed by atoms with Gasteiger partial charge in [-0.05, 0) is 62.0 Å². The van der Waals surface area contributed by atoms with Crippen LogP contribution in [0.4, 0.5) is 0 Å². The SMILES string of the molecule is O=C(NC1NC=C(C(c2ccccc2)N2CCCC2)S1)C1(c2ccc3c(c2)OCO3)CC1. The summed E-state index contributed by atoms with van der Waals surface area (Å²) in [5.74, 6) is 1.56. The van der Waals surface area contributed by atoms with Crippen molar-refractivity contribution < 1.29 is 14.3 Å². The molecule has 2 unspecified atom stereocenters. The van der Waals surface area contributed by atoms with Gasteiger partial charge in [-0.1, -0.05) is 48.2 Å². The molecule has 2 N–H and O–H groups in total. The number of hydrogen-bond donors (Lipinski definition) is 2. The van der Waals surface area contributed by atoms with Crippen LogP contribution in [-0.4, -0.2) is 36.2 Å². The monoisotopic (exact) mass is 449 g/mol. The fourth-order valence-electron chi connectivity index (χ4n) is 4.99. The molecule has 1 aliphatic carbocycles. The summed E-state index contributed by atoms with van der Waals surface area (Å²) in [4.78, 5) is 17.1. The highest BCUT2D eigenvalue weighted by molar-refractivity contribution is 8.03. The quantitative estimate of drug-likeness (QED) is 0.698. The van der Waals surface area contributed by atoms with Gasteiger partial charge in [0.1, 0.15) is 0 Å². The van der Waals surface area contributed by atoms with Crippen LogP contribution in [0.2, 0.25) is 0 Å². The Morgan fingerprint density at radius 2 is 1.88 bits per heavy atom. The summed E-state index contributed by atoms with van der Waals surface area (Å²) in [6.45, 7) is 2.47. The van der Waals surface area contributed by atoms with Gasteiger partial charge in [0, 0.05) is 11.1 Å². The molecule has 32 heavy (non-hydrogen) atoms. The lowest BCUT2D eigenvalue weighted by Gasteiger charge is -2.29. The van der Waals surface area contributed by atoms with Crippen molar-refractivity contribution in [3.63, 3.8) is 0 Å². The average Bonchev–Trinajstić information content (AvgIpc) is 3.19. The van der Waals surface area contributed by atoms with Gasteiger partial charge in [-0.3, -0.25) is 9.69 Å². The Morgan fingerprint density at radius 1 is 1.09 bits per heavy atom. The minimum Gasteiger partial charge on any atom is -0.454 e. The van der Waals surface area contributed by atoms with Crippen LogP contribution in [0.1, 0.15) is 42.9 Å². The predicted octanol–water partition coefficient (Wildman–Crippen LogP) is 3.86. The Bertz CT molecular complexity index is 1050. The lowest BCUT2D eigenvalue weighted by molar-refractivity contribution is -0.123. The van der Waals surface area contributed by atoms with Crippen LogP contribution in [0.5, 0.6) is 11.5 Å². The fraction of sp³-hybridized carbons (Fsp3) is 0.400. The molecular weight excluding hydrogens is 422 g/mol. The molecule has 4 aliphatic rings. The number of hydrogen-bond acceptors (Lipinski definition) is 6. The average molecular weight is 450 g/mol. The van der Waals surface area contributed by atoms with Crippen LogP contribution in [0, 0.1) is 0 Å². The van der Waals surface area contributed by atoms with Crippen molar-refractivity contribution in [1.29, 1.82) is 0 Å². The molecule has 0 aromatic heterocycles. The van der Waals surface area contributed by atoms with Crippen molar-refractivity contribution in [2.75, 3.05) is 19.9 Å². The van der Waals surface area contributed by atoms with Crippen molar-refractivity contribution >= 4 is 17.7 Å². The Labute approximate surface area is 192 Å². The highest BCUT2D eigenvalue weighted by Crippen LogP contribution is 2.51. The van der Waals surface area contributed by atoms with E-state index in [1.54, 1.807) is 11.8 Å². The third-order valence-electron chi connectivity index (χ3n) is 6.89. The first-order chi connectivity index (χ1) is 15.7. The molecule has 2 aromatic rings. The summed E-state index contributed by atoms with van der Waals surface area (Å²) in [6.07, 6.45) is 6.29. The number of amides is 1. The van der Waals surface area contributed by atoms with Crippen LogP contribution in [0.25, 0.3) is 0 Å². The van der Waals surface area contributed by atoms with Crippen molar-refractivity contribution in [1.82, 2.24) is 15.5 Å². The van der Waals surface area contributed by atoms with E-state index in [4.69, 9.17) is 9.47 Å². The number of carbonyl (C=O) groups is 1. The van der Waals surface area contributed by atoms with E-state index in [1.165, 1.54) is 23.3 Å². The van der Waals surface area contributed by atoms with E-state index >= 15 is 0 Å². The topological polar surface area (TPSA) is 62.8 Å². The van der Waals surface area contributed by atoms with Crippen LogP contribution in [0.15, 0.2) is 59.6 Å². The van der Waals surface area contributed by atoms with Crippen molar-refractivity contribution in [2.24, 2.45) is 0 Å². The number of carbonyl (C=O) groups excluding carboxylic acids is 1. The fourth-order valence-corrected chi connectivity index (χ4v) is 6.11. The van der Waals surface area contributed by atoms with E-state index in [0.29, 0.717) is 0 Å². The van der Waals surface area contributed by atoms with Crippen molar-refractivity contribution in [2.45, 2.75) is 42.6 Å². The molecule has 1 amide bonds.